The molecule has 0 aliphatic rings. The Morgan fingerprint density at radius 2 is 1.47 bits per heavy atom. The summed E-state index contributed by atoms with van der Waals surface area (Å²) in [6.07, 6.45) is 5.74. The molecule has 0 aliphatic carbocycles. The second-order valence-corrected chi connectivity index (χ2v) is 11.1. The molecule has 0 amide bonds. The minimum absolute atomic E-state index is 0.156. The summed E-state index contributed by atoms with van der Waals surface area (Å²) < 4.78 is 0. The van der Waals surface area contributed by atoms with Gasteiger partial charge >= 0.3 is 5.97 Å². The number of H-pyrrole nitrogens is 1. The van der Waals surface area contributed by atoms with Gasteiger partial charge in [0.2, 0.25) is 0 Å². The van der Waals surface area contributed by atoms with Gasteiger partial charge in [-0.05, 0) is 59.2 Å². The van der Waals surface area contributed by atoms with Crippen LogP contribution in [0.2, 0.25) is 0 Å². The van der Waals surface area contributed by atoms with Crippen molar-refractivity contribution in [3.05, 3.63) is 126 Å². The molecule has 3 heterocycles. The lowest BCUT2D eigenvalue weighted by atomic mass is 10.0. The van der Waals surface area contributed by atoms with Crippen molar-refractivity contribution in [2.24, 2.45) is 0 Å². The maximum atomic E-state index is 12.1. The quantitative estimate of drug-likeness (QED) is 0.0821. The van der Waals surface area contributed by atoms with Crippen LogP contribution in [0.1, 0.15) is 28.1 Å². The van der Waals surface area contributed by atoms with Gasteiger partial charge in [0.05, 0.1) is 11.4 Å². The molecule has 234 valence electrons. The molecule has 0 saturated heterocycles. The van der Waals surface area contributed by atoms with Crippen LogP contribution >= 0.6 is 0 Å². The van der Waals surface area contributed by atoms with Crippen molar-refractivity contribution in [3.8, 4) is 5.75 Å². The topological polar surface area (TPSA) is 138 Å². The Bertz CT molecular complexity index is 1560. The molecule has 0 fully saturated rings. The third-order valence-electron chi connectivity index (χ3n) is 7.73. The summed E-state index contributed by atoms with van der Waals surface area (Å²) in [6.45, 7) is 6.14. The van der Waals surface area contributed by atoms with Crippen molar-refractivity contribution in [2.75, 3.05) is 26.2 Å². The number of nitrogens with zero attached hydrogens (tertiary/aromatic N) is 3. The lowest BCUT2D eigenvalue weighted by Crippen LogP contribution is -2.38. The molecule has 45 heavy (non-hydrogen) atoms. The van der Waals surface area contributed by atoms with Crippen molar-refractivity contribution in [1.29, 1.82) is 0 Å². The molecule has 5 aromatic rings. The minimum atomic E-state index is -0.912. The molecule has 0 unspecified atom stereocenters. The third kappa shape index (κ3) is 9.95. The first kappa shape index (κ1) is 31.8. The smallest absolute Gasteiger partial charge is 0.321 e. The predicted octanol–water partition coefficient (Wildman–Crippen LogP) is 3.83. The number of carboxylic acid groups (broad SMARTS) is 1. The van der Waals surface area contributed by atoms with Crippen LogP contribution in [0, 0.1) is 0 Å². The number of hydrogen-bond acceptors (Lipinski definition) is 8. The minimum Gasteiger partial charge on any atom is -0.508 e. The molecule has 0 bridgehead atoms. The van der Waals surface area contributed by atoms with Crippen molar-refractivity contribution in [3.63, 3.8) is 0 Å². The van der Waals surface area contributed by atoms with E-state index >= 15 is 0 Å². The zero-order valence-electron chi connectivity index (χ0n) is 25.3. The van der Waals surface area contributed by atoms with E-state index in [0.717, 1.165) is 79.2 Å². The van der Waals surface area contributed by atoms with Crippen LogP contribution in [0.4, 0.5) is 0 Å². The second-order valence-electron chi connectivity index (χ2n) is 11.1. The van der Waals surface area contributed by atoms with Gasteiger partial charge in [-0.3, -0.25) is 19.7 Å². The third-order valence-corrected chi connectivity index (χ3v) is 7.73. The summed E-state index contributed by atoms with van der Waals surface area (Å²) in [6, 6.07) is 24.5. The largest absolute Gasteiger partial charge is 0.508 e. The van der Waals surface area contributed by atoms with Crippen molar-refractivity contribution < 1.29 is 15.0 Å². The monoisotopic (exact) mass is 607 g/mol. The summed E-state index contributed by atoms with van der Waals surface area (Å²) in [4.78, 5) is 26.4. The van der Waals surface area contributed by atoms with E-state index in [2.05, 4.69) is 60.1 Å². The van der Waals surface area contributed by atoms with Gasteiger partial charge in [0, 0.05) is 88.3 Å². The van der Waals surface area contributed by atoms with Crippen LogP contribution in [0.15, 0.2) is 97.5 Å². The number of carbonyl (C=O) groups is 1. The first-order valence-corrected chi connectivity index (χ1v) is 15.3. The van der Waals surface area contributed by atoms with Gasteiger partial charge in [-0.15, -0.1) is 0 Å². The van der Waals surface area contributed by atoms with Gasteiger partial charge < -0.3 is 31.1 Å². The number of aliphatic carboxylic acids is 1. The highest BCUT2D eigenvalue weighted by Gasteiger charge is 2.19. The molecule has 10 nitrogen and oxygen atoms in total. The van der Waals surface area contributed by atoms with E-state index in [-0.39, 0.29) is 5.75 Å². The molecule has 0 radical (unpaired) electrons. The number of phenolic OH excluding ortho intramolecular Hbond substituents is 1. The number of benzene rings is 2. The molecule has 2 aromatic carbocycles. The Labute approximate surface area is 263 Å². The molecule has 6 N–H and O–H groups in total. The molecule has 0 saturated carbocycles. The zero-order valence-corrected chi connectivity index (χ0v) is 25.3. The zero-order chi connectivity index (χ0) is 31.3. The van der Waals surface area contributed by atoms with Crippen LogP contribution in [-0.2, 0) is 37.4 Å². The van der Waals surface area contributed by atoms with Crippen LogP contribution in [0.5, 0.6) is 5.75 Å². The van der Waals surface area contributed by atoms with Crippen LogP contribution in [0.3, 0.4) is 0 Å². The van der Waals surface area contributed by atoms with E-state index in [1.807, 2.05) is 55.0 Å². The molecule has 3 aromatic heterocycles. The van der Waals surface area contributed by atoms with Crippen molar-refractivity contribution in [2.45, 2.75) is 38.6 Å². The number of aromatic hydroxyl groups is 1. The second kappa shape index (κ2) is 16.5. The lowest BCUT2D eigenvalue weighted by Gasteiger charge is -2.23. The molecule has 10 heteroatoms. The molecule has 1 atom stereocenters. The highest BCUT2D eigenvalue weighted by molar-refractivity contribution is 5.85. The Kier molecular flexibility index (Phi) is 11.6. The fourth-order valence-electron chi connectivity index (χ4n) is 5.25. The summed E-state index contributed by atoms with van der Waals surface area (Å²) in [7, 11) is 0. The molecule has 0 aliphatic heterocycles. The lowest BCUT2D eigenvalue weighted by molar-refractivity contribution is -0.139. The first-order valence-electron chi connectivity index (χ1n) is 15.3. The van der Waals surface area contributed by atoms with E-state index < -0.39 is 12.0 Å². The number of pyridine rings is 2. The van der Waals surface area contributed by atoms with Gasteiger partial charge in [-0.1, -0.05) is 36.4 Å². The Hall–Kier alpha value is -4.61. The maximum absolute atomic E-state index is 12.1. The number of phenols is 1. The van der Waals surface area contributed by atoms with Crippen molar-refractivity contribution >= 4 is 16.9 Å². The van der Waals surface area contributed by atoms with E-state index in [1.165, 1.54) is 5.56 Å². The number of hydrogen-bond donors (Lipinski definition) is 6. The Morgan fingerprint density at radius 1 is 0.822 bits per heavy atom. The standard InChI is InChI=1S/C35H41N7O3/c43-31-11-12-33-32(20-31)28(22-41-33)19-34(35(44)45)40-21-26-7-9-27(10-8-26)25-42(17-15-36-23-29-5-1-3-13-38-29)18-16-37-24-30-6-2-4-14-39-30/h1-14,20,22,34,36-37,40-41,43H,15-19,21,23-25H2,(H,44,45)/t34-/m0/s1. The predicted molar refractivity (Wildman–Crippen MR) is 176 cm³/mol. The normalized spacial score (nSPS) is 12.1. The Balaban J connectivity index is 1.13. The maximum Gasteiger partial charge on any atom is 0.321 e. The molecular weight excluding hydrogens is 566 g/mol. The van der Waals surface area contributed by atoms with Gasteiger partial charge in [0.15, 0.2) is 0 Å². The van der Waals surface area contributed by atoms with Crippen molar-refractivity contribution in [1.82, 2.24) is 35.8 Å². The number of rotatable bonds is 18. The van der Waals surface area contributed by atoms with Crippen LogP contribution in [0.25, 0.3) is 10.9 Å². The highest BCUT2D eigenvalue weighted by atomic mass is 16.4. The number of aromatic amines is 1. The van der Waals surface area contributed by atoms with E-state index in [4.69, 9.17) is 0 Å². The fraction of sp³-hybridized carbons (Fsp3) is 0.286. The average molecular weight is 608 g/mol. The van der Waals surface area contributed by atoms with Gasteiger partial charge in [-0.25, -0.2) is 0 Å². The SMILES string of the molecule is O=C(O)[C@H](Cc1c[nH]c2ccc(O)cc12)NCc1ccc(CN(CCNCc2ccccn2)CCNCc2ccccn2)cc1. The fourth-order valence-corrected chi connectivity index (χ4v) is 5.25. The molecule has 0 spiro atoms. The Morgan fingerprint density at radius 3 is 2.07 bits per heavy atom. The van der Waals surface area contributed by atoms with Gasteiger partial charge in [-0.2, -0.15) is 0 Å². The summed E-state index contributed by atoms with van der Waals surface area (Å²) in [5.74, 6) is -0.756. The number of aromatic nitrogens is 3. The average Bonchev–Trinajstić information content (AvgIpc) is 3.46. The van der Waals surface area contributed by atoms with E-state index in [9.17, 15) is 15.0 Å². The highest BCUT2D eigenvalue weighted by Crippen LogP contribution is 2.24. The van der Waals surface area contributed by atoms with E-state index in [0.29, 0.717) is 13.0 Å². The van der Waals surface area contributed by atoms with E-state index in [1.54, 1.807) is 18.2 Å². The number of carboxylic acids is 1. The van der Waals surface area contributed by atoms with Gasteiger partial charge in [0.25, 0.3) is 0 Å². The first-order chi connectivity index (χ1) is 22.0. The summed E-state index contributed by atoms with van der Waals surface area (Å²) in [5, 5.41) is 30.8. The molecular formula is C35H41N7O3. The number of fused-ring (bicyclic) bond motifs is 1. The van der Waals surface area contributed by atoms with Crippen LogP contribution in [-0.4, -0.2) is 68.3 Å². The van der Waals surface area contributed by atoms with Gasteiger partial charge in [0.1, 0.15) is 11.8 Å². The molecule has 5 rings (SSSR count). The summed E-state index contributed by atoms with van der Waals surface area (Å²) >= 11 is 0. The summed E-state index contributed by atoms with van der Waals surface area (Å²) in [5.41, 5.74) is 5.97. The van der Waals surface area contributed by atoms with Crippen LogP contribution < -0.4 is 16.0 Å². The number of nitrogens with one attached hydrogen (secondary N) is 4.